The first-order valence-electron chi connectivity index (χ1n) is 12.4. The number of nitrogens with two attached hydrogens (primary N) is 1. The molecule has 1 saturated heterocycles. The van der Waals surface area contributed by atoms with Gasteiger partial charge >= 0.3 is 6.09 Å². The number of carbonyl (C=O) groups is 1. The van der Waals surface area contributed by atoms with Crippen LogP contribution in [0.25, 0.3) is 0 Å². The zero-order valence-electron chi connectivity index (χ0n) is 21.0. The van der Waals surface area contributed by atoms with Gasteiger partial charge in [-0.1, -0.05) is 0 Å². The first-order valence-corrected chi connectivity index (χ1v) is 12.4. The topological polar surface area (TPSA) is 96.9 Å². The number of hydrogen-bond acceptors (Lipinski definition) is 6. The third kappa shape index (κ3) is 7.28. The van der Waals surface area contributed by atoms with Crippen LogP contribution in [0.15, 0.2) is 6.20 Å². The first-order chi connectivity index (χ1) is 15.8. The lowest BCUT2D eigenvalue weighted by atomic mass is 9.81. The van der Waals surface area contributed by atoms with Crippen molar-refractivity contribution in [2.45, 2.75) is 89.4 Å². The summed E-state index contributed by atoms with van der Waals surface area (Å²) in [6.45, 7) is 8.55. The van der Waals surface area contributed by atoms with Gasteiger partial charge in [-0.25, -0.2) is 13.6 Å². The molecule has 0 spiro atoms. The Balaban J connectivity index is 1.38. The van der Waals surface area contributed by atoms with Crippen molar-refractivity contribution < 1.29 is 23.4 Å². The first kappa shape index (κ1) is 26.7. The normalized spacial score (nSPS) is 24.7. The molecule has 194 valence electrons. The number of alkyl halides is 2. The van der Waals surface area contributed by atoms with Crippen molar-refractivity contribution in [3.63, 3.8) is 0 Å². The molecule has 1 aliphatic carbocycles. The van der Waals surface area contributed by atoms with Gasteiger partial charge in [-0.3, -0.25) is 4.68 Å². The van der Waals surface area contributed by atoms with Crippen molar-refractivity contribution in [3.05, 3.63) is 11.9 Å². The van der Waals surface area contributed by atoms with E-state index in [-0.39, 0.29) is 23.5 Å². The van der Waals surface area contributed by atoms with Gasteiger partial charge in [0.05, 0.1) is 17.3 Å². The van der Waals surface area contributed by atoms with E-state index in [0.717, 1.165) is 38.9 Å². The number of amides is 1. The number of anilines is 1. The number of hydrogen-bond donors (Lipinski definition) is 2. The Hall–Kier alpha value is -1.94. The number of rotatable bonds is 7. The van der Waals surface area contributed by atoms with Gasteiger partial charge in [0.2, 0.25) is 0 Å². The van der Waals surface area contributed by atoms with Gasteiger partial charge in [-0.15, -0.1) is 0 Å². The zero-order chi connectivity index (χ0) is 25.1. The molecule has 2 fully saturated rings. The third-order valence-corrected chi connectivity index (χ3v) is 7.01. The second-order valence-electron chi connectivity index (χ2n) is 11.1. The van der Waals surface area contributed by atoms with Crippen LogP contribution in [-0.4, -0.2) is 75.2 Å². The van der Waals surface area contributed by atoms with Gasteiger partial charge in [0.15, 0.2) is 5.69 Å². The average molecular weight is 486 g/mol. The van der Waals surface area contributed by atoms with Crippen molar-refractivity contribution in [1.29, 1.82) is 0 Å². The number of aliphatic hydroxyl groups is 1. The molecule has 0 aromatic carbocycles. The van der Waals surface area contributed by atoms with E-state index in [2.05, 4.69) is 10.00 Å². The van der Waals surface area contributed by atoms with Gasteiger partial charge in [0.25, 0.3) is 6.43 Å². The number of nitrogen functional groups attached to an aromatic ring is 1. The zero-order valence-corrected chi connectivity index (χ0v) is 21.0. The van der Waals surface area contributed by atoms with Crippen LogP contribution in [0.2, 0.25) is 0 Å². The van der Waals surface area contributed by atoms with Gasteiger partial charge in [-0.05, 0) is 85.2 Å². The van der Waals surface area contributed by atoms with E-state index in [0.29, 0.717) is 38.1 Å². The Morgan fingerprint density at radius 3 is 2.44 bits per heavy atom. The second-order valence-corrected chi connectivity index (χ2v) is 11.1. The molecule has 1 aromatic rings. The number of carbonyl (C=O) groups excluding carboxylic acids is 1. The molecule has 3 rings (SSSR count). The van der Waals surface area contributed by atoms with Gasteiger partial charge in [0.1, 0.15) is 5.60 Å². The van der Waals surface area contributed by atoms with E-state index in [1.54, 1.807) is 9.58 Å². The summed E-state index contributed by atoms with van der Waals surface area (Å²) in [7, 11) is 2.03. The van der Waals surface area contributed by atoms with Gasteiger partial charge < -0.3 is 25.4 Å². The van der Waals surface area contributed by atoms with Crippen LogP contribution in [0.3, 0.4) is 0 Å². The Morgan fingerprint density at radius 1 is 1.29 bits per heavy atom. The van der Waals surface area contributed by atoms with Crippen molar-refractivity contribution in [2.75, 3.05) is 39.0 Å². The third-order valence-electron chi connectivity index (χ3n) is 7.01. The SMILES string of the molecule is CN(CCC1CCN(C(=O)OC(C)(C)C)CC1)CC1(O)CCC(n2cc(N)c(C(F)F)n2)CC1. The fraction of sp³-hybridized carbons (Fsp3) is 0.833. The van der Waals surface area contributed by atoms with Crippen LogP contribution in [-0.2, 0) is 4.74 Å². The number of likely N-dealkylation sites (N-methyl/N-ethyl adjacent to an activating group) is 1. The summed E-state index contributed by atoms with van der Waals surface area (Å²) in [6, 6.07) is -0.0180. The smallest absolute Gasteiger partial charge is 0.410 e. The number of piperidine rings is 1. The summed E-state index contributed by atoms with van der Waals surface area (Å²) in [6.07, 6.45) is 4.08. The van der Waals surface area contributed by atoms with Crippen LogP contribution in [0.1, 0.15) is 83.9 Å². The summed E-state index contributed by atoms with van der Waals surface area (Å²) in [5, 5.41) is 15.1. The molecule has 2 heterocycles. The summed E-state index contributed by atoms with van der Waals surface area (Å²) in [4.78, 5) is 16.2. The van der Waals surface area contributed by atoms with E-state index < -0.39 is 17.6 Å². The predicted octanol–water partition coefficient (Wildman–Crippen LogP) is 4.22. The van der Waals surface area contributed by atoms with Crippen LogP contribution >= 0.6 is 0 Å². The van der Waals surface area contributed by atoms with E-state index in [4.69, 9.17) is 10.5 Å². The summed E-state index contributed by atoms with van der Waals surface area (Å²) in [5.74, 6) is 0.556. The molecule has 0 bridgehead atoms. The molecule has 1 amide bonds. The standard InChI is InChI=1S/C24H41F2N5O3/c1-23(2,3)34-22(32)30-13-8-17(9-14-30)7-12-29(4)16-24(33)10-5-18(6-11-24)31-15-19(27)20(28-31)21(25)26/h15,17-18,21,33H,5-14,16,27H2,1-4H3. The van der Waals surface area contributed by atoms with E-state index in [1.807, 2.05) is 27.8 Å². The van der Waals surface area contributed by atoms with Gasteiger partial charge in [-0.2, -0.15) is 5.10 Å². The van der Waals surface area contributed by atoms with Crippen molar-refractivity contribution in [2.24, 2.45) is 5.92 Å². The Morgan fingerprint density at radius 2 is 1.91 bits per heavy atom. The molecular weight excluding hydrogens is 444 g/mol. The molecule has 1 saturated carbocycles. The highest BCUT2D eigenvalue weighted by Crippen LogP contribution is 2.36. The second kappa shape index (κ2) is 10.8. The molecule has 34 heavy (non-hydrogen) atoms. The monoisotopic (exact) mass is 485 g/mol. The predicted molar refractivity (Wildman–Crippen MR) is 127 cm³/mol. The van der Waals surface area contributed by atoms with Crippen molar-refractivity contribution >= 4 is 11.8 Å². The fourth-order valence-electron chi connectivity index (χ4n) is 5.05. The van der Waals surface area contributed by atoms with Crippen LogP contribution < -0.4 is 5.73 Å². The van der Waals surface area contributed by atoms with Crippen LogP contribution in [0.5, 0.6) is 0 Å². The quantitative estimate of drug-likeness (QED) is 0.600. The highest BCUT2D eigenvalue weighted by molar-refractivity contribution is 5.68. The minimum Gasteiger partial charge on any atom is -0.444 e. The van der Waals surface area contributed by atoms with Crippen LogP contribution in [0.4, 0.5) is 19.3 Å². The summed E-state index contributed by atoms with van der Waals surface area (Å²) >= 11 is 0. The summed E-state index contributed by atoms with van der Waals surface area (Å²) in [5.41, 5.74) is 4.06. The van der Waals surface area contributed by atoms with E-state index in [1.165, 1.54) is 6.20 Å². The maximum Gasteiger partial charge on any atom is 0.410 e. The number of likely N-dealkylation sites (tertiary alicyclic amines) is 1. The highest BCUT2D eigenvalue weighted by Gasteiger charge is 2.36. The lowest BCUT2D eigenvalue weighted by Crippen LogP contribution is -2.45. The van der Waals surface area contributed by atoms with Gasteiger partial charge in [0, 0.05) is 25.8 Å². The minimum absolute atomic E-state index is 0.0180. The Kier molecular flexibility index (Phi) is 8.44. The molecule has 0 radical (unpaired) electrons. The molecule has 2 aliphatic rings. The maximum atomic E-state index is 13.0. The molecule has 8 nitrogen and oxygen atoms in total. The highest BCUT2D eigenvalue weighted by atomic mass is 19.3. The van der Waals surface area contributed by atoms with Crippen molar-refractivity contribution in [3.8, 4) is 0 Å². The molecule has 0 unspecified atom stereocenters. The lowest BCUT2D eigenvalue weighted by molar-refractivity contribution is -0.0325. The molecule has 3 N–H and O–H groups in total. The number of ether oxygens (including phenoxy) is 1. The number of halogens is 2. The summed E-state index contributed by atoms with van der Waals surface area (Å²) < 4.78 is 33.0. The van der Waals surface area contributed by atoms with E-state index >= 15 is 0 Å². The largest absolute Gasteiger partial charge is 0.444 e. The number of nitrogens with zero attached hydrogens (tertiary/aromatic N) is 4. The molecule has 1 aliphatic heterocycles. The van der Waals surface area contributed by atoms with E-state index in [9.17, 15) is 18.7 Å². The molecular formula is C24H41F2N5O3. The average Bonchev–Trinajstić information content (AvgIpc) is 3.13. The fourth-order valence-corrected chi connectivity index (χ4v) is 5.05. The number of aromatic nitrogens is 2. The molecule has 10 heteroatoms. The Bertz CT molecular complexity index is 810. The maximum absolute atomic E-state index is 13.0. The lowest BCUT2D eigenvalue weighted by Gasteiger charge is -2.39. The van der Waals surface area contributed by atoms with Crippen molar-refractivity contribution in [1.82, 2.24) is 19.6 Å². The molecule has 1 aromatic heterocycles. The minimum atomic E-state index is -2.68. The Labute approximate surface area is 201 Å². The van der Waals surface area contributed by atoms with Crippen LogP contribution in [0, 0.1) is 5.92 Å². The molecule has 0 atom stereocenters.